The van der Waals surface area contributed by atoms with Crippen molar-refractivity contribution in [3.63, 3.8) is 0 Å². The lowest BCUT2D eigenvalue weighted by atomic mass is 10.4. The van der Waals surface area contributed by atoms with Crippen LogP contribution in [0, 0.1) is 0 Å². The van der Waals surface area contributed by atoms with Gasteiger partial charge in [-0.05, 0) is 19.1 Å². The van der Waals surface area contributed by atoms with E-state index in [0.717, 1.165) is 0 Å². The summed E-state index contributed by atoms with van der Waals surface area (Å²) in [6, 6.07) is 0. The quantitative estimate of drug-likeness (QED) is 0.676. The van der Waals surface area contributed by atoms with Gasteiger partial charge in [0, 0.05) is 13.0 Å². The molecule has 0 rings (SSSR count). The van der Waals surface area contributed by atoms with Crippen molar-refractivity contribution in [2.75, 3.05) is 20.3 Å². The number of thiocarbonyl (C=S) groups is 1. The number of methoxy groups -OCH3 is 1. The van der Waals surface area contributed by atoms with E-state index in [9.17, 15) is 4.79 Å². The maximum atomic E-state index is 10.5. The summed E-state index contributed by atoms with van der Waals surface area (Å²) in [6.07, 6.45) is 0.0902. The number of nitrogens with one attached hydrogen (secondary N) is 1. The van der Waals surface area contributed by atoms with Crippen LogP contribution in [0.5, 0.6) is 0 Å². The molecular weight excluding hydrogens is 178 g/mol. The molecule has 0 radical (unpaired) electrons. The predicted octanol–water partition coefficient (Wildman–Crippen LogP) is 1.10. The molecule has 0 unspecified atom stereocenters. The van der Waals surface area contributed by atoms with E-state index < -0.39 is 6.09 Å². The van der Waals surface area contributed by atoms with Gasteiger partial charge in [-0.2, -0.15) is 0 Å². The smallest absolute Gasteiger partial charge is 0.406 e. The van der Waals surface area contributed by atoms with Gasteiger partial charge >= 0.3 is 6.09 Å². The highest BCUT2D eigenvalue weighted by Gasteiger charge is 1.99. The average Bonchev–Trinajstić information content (AvgIpc) is 2.04. The average molecular weight is 191 g/mol. The monoisotopic (exact) mass is 191 g/mol. The lowest BCUT2D eigenvalue weighted by Gasteiger charge is -2.05. The SMILES string of the molecule is CCOC(=S)CCNC(=O)OC. The van der Waals surface area contributed by atoms with E-state index >= 15 is 0 Å². The zero-order valence-corrected chi connectivity index (χ0v) is 8.07. The van der Waals surface area contributed by atoms with Crippen molar-refractivity contribution in [2.45, 2.75) is 13.3 Å². The molecule has 5 heteroatoms. The fraction of sp³-hybridized carbons (Fsp3) is 0.714. The largest absolute Gasteiger partial charge is 0.487 e. The van der Waals surface area contributed by atoms with E-state index in [4.69, 9.17) is 17.0 Å². The topological polar surface area (TPSA) is 47.6 Å². The first kappa shape index (κ1) is 11.2. The minimum Gasteiger partial charge on any atom is -0.487 e. The number of carbonyl (C=O) groups excluding carboxylic acids is 1. The summed E-state index contributed by atoms with van der Waals surface area (Å²) in [4.78, 5) is 10.5. The van der Waals surface area contributed by atoms with Gasteiger partial charge in [-0.3, -0.25) is 0 Å². The third-order valence-electron chi connectivity index (χ3n) is 1.09. The number of ether oxygens (including phenoxy) is 2. The number of carbonyl (C=O) groups is 1. The molecule has 70 valence electrons. The summed E-state index contributed by atoms with van der Waals surface area (Å²) in [7, 11) is 1.32. The van der Waals surface area contributed by atoms with Crippen LogP contribution < -0.4 is 5.32 Å². The van der Waals surface area contributed by atoms with Gasteiger partial charge in [0.05, 0.1) is 13.7 Å². The Morgan fingerprint density at radius 3 is 2.75 bits per heavy atom. The maximum absolute atomic E-state index is 10.5. The molecule has 0 atom stereocenters. The van der Waals surface area contributed by atoms with Crippen LogP contribution in [0.2, 0.25) is 0 Å². The summed E-state index contributed by atoms with van der Waals surface area (Å²) in [5.74, 6) is 0. The number of rotatable bonds is 4. The van der Waals surface area contributed by atoms with Gasteiger partial charge in [0.15, 0.2) is 5.05 Å². The molecule has 1 amide bonds. The fourth-order valence-electron chi connectivity index (χ4n) is 0.572. The Morgan fingerprint density at radius 2 is 2.25 bits per heavy atom. The molecule has 0 spiro atoms. The second-order valence-electron chi connectivity index (χ2n) is 1.97. The Kier molecular flexibility index (Phi) is 6.37. The summed E-state index contributed by atoms with van der Waals surface area (Å²) < 4.78 is 9.35. The first-order chi connectivity index (χ1) is 5.70. The summed E-state index contributed by atoms with van der Waals surface area (Å²) in [6.45, 7) is 2.88. The molecule has 0 bridgehead atoms. The van der Waals surface area contributed by atoms with Crippen molar-refractivity contribution in [1.29, 1.82) is 0 Å². The van der Waals surface area contributed by atoms with Crippen molar-refractivity contribution in [2.24, 2.45) is 0 Å². The van der Waals surface area contributed by atoms with E-state index in [0.29, 0.717) is 24.6 Å². The van der Waals surface area contributed by atoms with Crippen LogP contribution in [0.1, 0.15) is 13.3 Å². The molecule has 0 saturated heterocycles. The van der Waals surface area contributed by atoms with Gasteiger partial charge in [0.1, 0.15) is 0 Å². The number of hydrogen-bond acceptors (Lipinski definition) is 4. The van der Waals surface area contributed by atoms with E-state index in [1.807, 2.05) is 6.92 Å². The molecule has 0 saturated carbocycles. The van der Waals surface area contributed by atoms with Crippen LogP contribution >= 0.6 is 12.2 Å². The minimum absolute atomic E-state index is 0.450. The van der Waals surface area contributed by atoms with E-state index in [1.54, 1.807) is 0 Å². The number of hydrogen-bond donors (Lipinski definition) is 1. The molecule has 12 heavy (non-hydrogen) atoms. The van der Waals surface area contributed by atoms with Gasteiger partial charge in [-0.1, -0.05) is 0 Å². The highest BCUT2D eigenvalue weighted by molar-refractivity contribution is 7.80. The van der Waals surface area contributed by atoms with Crippen LogP contribution in [0.4, 0.5) is 4.79 Å². The Bertz CT molecular complexity index is 161. The molecule has 4 nitrogen and oxygen atoms in total. The van der Waals surface area contributed by atoms with Gasteiger partial charge in [0.2, 0.25) is 0 Å². The first-order valence-corrected chi connectivity index (χ1v) is 4.09. The van der Waals surface area contributed by atoms with Crippen LogP contribution in [-0.2, 0) is 9.47 Å². The molecule has 0 aromatic heterocycles. The Labute approximate surface area is 77.2 Å². The van der Waals surface area contributed by atoms with Crippen molar-refractivity contribution in [3.05, 3.63) is 0 Å². The number of amides is 1. The zero-order chi connectivity index (χ0) is 9.40. The van der Waals surface area contributed by atoms with E-state index in [1.165, 1.54) is 7.11 Å². The molecule has 0 aromatic carbocycles. The second-order valence-corrected chi connectivity index (χ2v) is 2.43. The summed E-state index contributed by atoms with van der Waals surface area (Å²) in [5.41, 5.74) is 0. The lowest BCUT2D eigenvalue weighted by molar-refractivity contribution is 0.171. The highest BCUT2D eigenvalue weighted by atomic mass is 32.1. The van der Waals surface area contributed by atoms with Crippen molar-refractivity contribution < 1.29 is 14.3 Å². The molecule has 1 N–H and O–H groups in total. The Hall–Kier alpha value is -0.840. The third kappa shape index (κ3) is 5.91. The van der Waals surface area contributed by atoms with Crippen LogP contribution in [-0.4, -0.2) is 31.4 Å². The summed E-state index contributed by atoms with van der Waals surface area (Å²) in [5, 5.41) is 3.00. The Morgan fingerprint density at radius 1 is 1.58 bits per heavy atom. The predicted molar refractivity (Wildman–Crippen MR) is 49.2 cm³/mol. The molecule has 0 fully saturated rings. The van der Waals surface area contributed by atoms with Gasteiger partial charge in [0.25, 0.3) is 0 Å². The minimum atomic E-state index is -0.450. The van der Waals surface area contributed by atoms with Gasteiger partial charge in [-0.15, -0.1) is 0 Å². The van der Waals surface area contributed by atoms with E-state index in [2.05, 4.69) is 10.1 Å². The van der Waals surface area contributed by atoms with Crippen LogP contribution in [0.15, 0.2) is 0 Å². The number of alkyl carbamates (subject to hydrolysis) is 1. The third-order valence-corrected chi connectivity index (χ3v) is 1.41. The molecule has 0 aliphatic heterocycles. The standard InChI is InChI=1S/C7H13NO3S/c1-3-11-6(12)4-5-8-7(9)10-2/h3-5H2,1-2H3,(H,8,9). The molecule has 0 heterocycles. The molecule has 0 aliphatic carbocycles. The Balaban J connectivity index is 3.30. The first-order valence-electron chi connectivity index (χ1n) is 3.68. The van der Waals surface area contributed by atoms with Gasteiger partial charge in [-0.25, -0.2) is 4.79 Å². The van der Waals surface area contributed by atoms with E-state index in [-0.39, 0.29) is 0 Å². The van der Waals surface area contributed by atoms with Crippen molar-refractivity contribution >= 4 is 23.4 Å². The molecular formula is C7H13NO3S. The van der Waals surface area contributed by atoms with Crippen LogP contribution in [0.3, 0.4) is 0 Å². The summed E-state index contributed by atoms with van der Waals surface area (Å²) >= 11 is 4.83. The normalized spacial score (nSPS) is 8.83. The highest BCUT2D eigenvalue weighted by Crippen LogP contribution is 1.88. The van der Waals surface area contributed by atoms with Crippen LogP contribution in [0.25, 0.3) is 0 Å². The van der Waals surface area contributed by atoms with Crippen molar-refractivity contribution in [1.82, 2.24) is 5.32 Å². The fourth-order valence-corrected chi connectivity index (χ4v) is 0.792. The lowest BCUT2D eigenvalue weighted by Crippen LogP contribution is -2.25. The zero-order valence-electron chi connectivity index (χ0n) is 7.25. The maximum Gasteiger partial charge on any atom is 0.406 e. The second kappa shape index (κ2) is 6.84. The van der Waals surface area contributed by atoms with Gasteiger partial charge < -0.3 is 14.8 Å². The molecule has 0 aromatic rings. The molecule has 0 aliphatic rings. The van der Waals surface area contributed by atoms with Crippen molar-refractivity contribution in [3.8, 4) is 0 Å².